The summed E-state index contributed by atoms with van der Waals surface area (Å²) in [4.78, 5) is 0. The number of ether oxygens (including phenoxy) is 1. The van der Waals surface area contributed by atoms with E-state index < -0.39 is 0 Å². The third-order valence-corrected chi connectivity index (χ3v) is 5.60. The minimum absolute atomic E-state index is 0.259. The Bertz CT molecular complexity index is 360. The standard InChI is InChI=1S/C15H24O2/c1-9-5-6-13-15(4,17-13)12(16)7-11-10(9)8-14(11,2)3/h10-13,16H,1,5-8H2,2-4H3/t10-,11-,12-,13-,15-/m1/s1. The van der Waals surface area contributed by atoms with Crippen LogP contribution < -0.4 is 0 Å². The van der Waals surface area contributed by atoms with E-state index in [1.807, 2.05) is 0 Å². The van der Waals surface area contributed by atoms with Crippen LogP contribution in [0.5, 0.6) is 0 Å². The summed E-state index contributed by atoms with van der Waals surface area (Å²) in [5.74, 6) is 1.23. The highest BCUT2D eigenvalue weighted by molar-refractivity contribution is 5.18. The van der Waals surface area contributed by atoms with Gasteiger partial charge in [0, 0.05) is 0 Å². The molecule has 1 N–H and O–H groups in total. The van der Waals surface area contributed by atoms with Crippen LogP contribution in [0.2, 0.25) is 0 Å². The zero-order valence-electron chi connectivity index (χ0n) is 11.2. The summed E-state index contributed by atoms with van der Waals surface area (Å²) in [5, 5.41) is 10.4. The topological polar surface area (TPSA) is 32.8 Å². The first-order valence-electron chi connectivity index (χ1n) is 6.88. The zero-order chi connectivity index (χ0) is 12.4. The van der Waals surface area contributed by atoms with Crippen molar-refractivity contribution in [3.8, 4) is 0 Å². The van der Waals surface area contributed by atoms with E-state index >= 15 is 0 Å². The van der Waals surface area contributed by atoms with Crippen LogP contribution in [0.4, 0.5) is 0 Å². The molecule has 2 nitrogen and oxygen atoms in total. The predicted molar refractivity (Wildman–Crippen MR) is 67.7 cm³/mol. The van der Waals surface area contributed by atoms with Crippen LogP contribution in [-0.4, -0.2) is 22.9 Å². The van der Waals surface area contributed by atoms with E-state index in [2.05, 4.69) is 27.4 Å². The molecule has 2 aliphatic carbocycles. The van der Waals surface area contributed by atoms with E-state index in [1.165, 1.54) is 12.0 Å². The second-order valence-electron chi connectivity index (χ2n) is 7.14. The summed E-state index contributed by atoms with van der Waals surface area (Å²) in [7, 11) is 0. The number of aliphatic hydroxyl groups excluding tert-OH is 1. The van der Waals surface area contributed by atoms with Crippen LogP contribution in [0.3, 0.4) is 0 Å². The van der Waals surface area contributed by atoms with Crippen molar-refractivity contribution >= 4 is 0 Å². The maximum atomic E-state index is 10.4. The van der Waals surface area contributed by atoms with Crippen molar-refractivity contribution in [3.63, 3.8) is 0 Å². The highest BCUT2D eigenvalue weighted by Gasteiger charge is 2.60. The second-order valence-corrected chi connectivity index (χ2v) is 7.14. The lowest BCUT2D eigenvalue weighted by Gasteiger charge is -2.53. The fourth-order valence-corrected chi connectivity index (χ4v) is 4.04. The van der Waals surface area contributed by atoms with E-state index in [0.29, 0.717) is 17.3 Å². The van der Waals surface area contributed by atoms with Gasteiger partial charge in [0.2, 0.25) is 0 Å². The first-order chi connectivity index (χ1) is 7.84. The first-order valence-corrected chi connectivity index (χ1v) is 6.88. The molecule has 1 heterocycles. The maximum absolute atomic E-state index is 10.4. The van der Waals surface area contributed by atoms with Gasteiger partial charge in [-0.15, -0.1) is 0 Å². The van der Waals surface area contributed by atoms with Gasteiger partial charge in [-0.1, -0.05) is 26.0 Å². The average Bonchev–Trinajstić information content (AvgIpc) is 2.91. The van der Waals surface area contributed by atoms with Crippen LogP contribution >= 0.6 is 0 Å². The third kappa shape index (κ3) is 1.61. The Balaban J connectivity index is 1.83. The van der Waals surface area contributed by atoms with E-state index in [1.54, 1.807) is 0 Å². The summed E-state index contributed by atoms with van der Waals surface area (Å²) in [5.41, 5.74) is 1.49. The van der Waals surface area contributed by atoms with Gasteiger partial charge in [-0.2, -0.15) is 0 Å². The molecule has 0 unspecified atom stereocenters. The number of allylic oxidation sites excluding steroid dienone is 1. The Morgan fingerprint density at radius 3 is 2.71 bits per heavy atom. The van der Waals surface area contributed by atoms with E-state index in [4.69, 9.17) is 4.74 Å². The fraction of sp³-hybridized carbons (Fsp3) is 0.867. The summed E-state index contributed by atoms with van der Waals surface area (Å²) in [6.45, 7) is 11.0. The molecular formula is C15H24O2. The molecule has 5 atom stereocenters. The normalized spacial score (nSPS) is 52.4. The lowest BCUT2D eigenvalue weighted by Crippen LogP contribution is -2.47. The van der Waals surface area contributed by atoms with Crippen LogP contribution in [0.15, 0.2) is 12.2 Å². The molecular weight excluding hydrogens is 212 g/mol. The van der Waals surface area contributed by atoms with Gasteiger partial charge in [0.05, 0.1) is 12.2 Å². The molecule has 1 saturated heterocycles. The molecule has 0 aromatic heterocycles. The molecule has 96 valence electrons. The Labute approximate surface area is 104 Å². The van der Waals surface area contributed by atoms with Gasteiger partial charge in [0.25, 0.3) is 0 Å². The lowest BCUT2D eigenvalue weighted by molar-refractivity contribution is -0.0430. The molecule has 0 amide bonds. The van der Waals surface area contributed by atoms with Gasteiger partial charge in [-0.3, -0.25) is 0 Å². The average molecular weight is 236 g/mol. The van der Waals surface area contributed by atoms with Gasteiger partial charge in [0.15, 0.2) is 0 Å². The molecule has 0 bridgehead atoms. The Morgan fingerprint density at radius 1 is 1.35 bits per heavy atom. The maximum Gasteiger partial charge on any atom is 0.118 e. The number of aliphatic hydroxyl groups is 1. The van der Waals surface area contributed by atoms with Gasteiger partial charge in [-0.25, -0.2) is 0 Å². The van der Waals surface area contributed by atoms with Crippen molar-refractivity contribution in [2.45, 2.75) is 64.3 Å². The van der Waals surface area contributed by atoms with Crippen molar-refractivity contribution in [2.24, 2.45) is 17.3 Å². The minimum atomic E-state index is -0.300. The number of hydrogen-bond acceptors (Lipinski definition) is 2. The van der Waals surface area contributed by atoms with Crippen molar-refractivity contribution in [1.29, 1.82) is 0 Å². The molecule has 0 aromatic carbocycles. The second kappa shape index (κ2) is 3.36. The highest BCUT2D eigenvalue weighted by atomic mass is 16.6. The molecule has 1 aliphatic heterocycles. The van der Waals surface area contributed by atoms with Crippen LogP contribution in [0.1, 0.15) is 46.5 Å². The van der Waals surface area contributed by atoms with Gasteiger partial charge < -0.3 is 9.84 Å². The van der Waals surface area contributed by atoms with Gasteiger partial charge >= 0.3 is 0 Å². The zero-order valence-corrected chi connectivity index (χ0v) is 11.2. The number of fused-ring (bicyclic) bond motifs is 2. The lowest BCUT2D eigenvalue weighted by atomic mass is 9.52. The summed E-state index contributed by atoms with van der Waals surface area (Å²) in [6, 6.07) is 0. The minimum Gasteiger partial charge on any atom is -0.390 e. The quantitative estimate of drug-likeness (QED) is 0.518. The molecule has 0 radical (unpaired) electrons. The highest BCUT2D eigenvalue weighted by Crippen LogP contribution is 2.59. The Hall–Kier alpha value is -0.340. The smallest absolute Gasteiger partial charge is 0.118 e. The molecule has 3 aliphatic rings. The SMILES string of the molecule is C=C1CC[C@H]2O[C@]2(C)[C@H](O)C[C@@H]2[C@@H]1CC2(C)C. The van der Waals surface area contributed by atoms with E-state index in [-0.39, 0.29) is 17.8 Å². The van der Waals surface area contributed by atoms with Crippen molar-refractivity contribution in [1.82, 2.24) is 0 Å². The number of rotatable bonds is 0. The predicted octanol–water partition coefficient (Wildman–Crippen LogP) is 2.91. The van der Waals surface area contributed by atoms with Crippen LogP contribution in [0, 0.1) is 17.3 Å². The fourth-order valence-electron chi connectivity index (χ4n) is 4.04. The van der Waals surface area contributed by atoms with Crippen LogP contribution in [-0.2, 0) is 4.74 Å². The van der Waals surface area contributed by atoms with Crippen molar-refractivity contribution in [2.75, 3.05) is 0 Å². The molecule has 17 heavy (non-hydrogen) atoms. The van der Waals surface area contributed by atoms with Crippen molar-refractivity contribution < 1.29 is 9.84 Å². The molecule has 2 saturated carbocycles. The monoisotopic (exact) mass is 236 g/mol. The summed E-state index contributed by atoms with van der Waals surface area (Å²) < 4.78 is 5.73. The van der Waals surface area contributed by atoms with Gasteiger partial charge in [0.1, 0.15) is 5.60 Å². The van der Waals surface area contributed by atoms with Crippen LogP contribution in [0.25, 0.3) is 0 Å². The third-order valence-electron chi connectivity index (χ3n) is 5.60. The molecule has 3 rings (SSSR count). The van der Waals surface area contributed by atoms with E-state index in [9.17, 15) is 5.11 Å². The number of epoxide rings is 1. The van der Waals surface area contributed by atoms with Crippen molar-refractivity contribution in [3.05, 3.63) is 12.2 Å². The summed E-state index contributed by atoms with van der Waals surface area (Å²) >= 11 is 0. The Kier molecular flexibility index (Phi) is 2.32. The largest absolute Gasteiger partial charge is 0.390 e. The molecule has 2 heteroatoms. The van der Waals surface area contributed by atoms with Gasteiger partial charge in [-0.05, 0) is 49.9 Å². The Morgan fingerprint density at radius 2 is 2.06 bits per heavy atom. The molecule has 3 fully saturated rings. The summed E-state index contributed by atoms with van der Waals surface area (Å²) in [6.07, 6.45) is 4.19. The molecule has 0 spiro atoms. The molecule has 0 aromatic rings. The van der Waals surface area contributed by atoms with E-state index in [0.717, 1.165) is 19.3 Å². The number of hydrogen-bond donors (Lipinski definition) is 1. The first kappa shape index (κ1) is 11.7.